The number of nitriles is 1. The first-order chi connectivity index (χ1) is 6.65. The highest BCUT2D eigenvalue weighted by Gasteiger charge is 2.04. The second-order valence-corrected chi connectivity index (χ2v) is 3.95. The molecule has 4 heteroatoms. The third-order valence-corrected chi connectivity index (χ3v) is 2.45. The molecule has 1 aromatic carbocycles. The van der Waals surface area contributed by atoms with Crippen LogP contribution in [0, 0.1) is 11.3 Å². The quantitative estimate of drug-likeness (QED) is 0.842. The molecule has 0 bridgehead atoms. The van der Waals surface area contributed by atoms with Gasteiger partial charge < -0.3 is 10.6 Å². The summed E-state index contributed by atoms with van der Waals surface area (Å²) < 4.78 is 0.965. The normalized spacial score (nSPS) is 9.50. The number of hydrogen-bond acceptors (Lipinski definition) is 3. The van der Waals surface area contributed by atoms with E-state index in [0.29, 0.717) is 13.0 Å². The molecular formula is C10H12BrN3. The number of benzene rings is 1. The van der Waals surface area contributed by atoms with Crippen molar-refractivity contribution in [2.75, 3.05) is 24.2 Å². The van der Waals surface area contributed by atoms with Crippen molar-refractivity contribution in [2.45, 2.75) is 6.42 Å². The van der Waals surface area contributed by atoms with Crippen molar-refractivity contribution in [3.8, 4) is 6.07 Å². The van der Waals surface area contributed by atoms with Gasteiger partial charge in [-0.15, -0.1) is 0 Å². The third kappa shape index (κ3) is 2.64. The molecule has 3 nitrogen and oxygen atoms in total. The summed E-state index contributed by atoms with van der Waals surface area (Å²) in [6, 6.07) is 7.85. The lowest BCUT2D eigenvalue weighted by Crippen LogP contribution is -2.19. The molecule has 1 aromatic rings. The van der Waals surface area contributed by atoms with E-state index in [2.05, 4.69) is 22.0 Å². The Kier molecular flexibility index (Phi) is 3.78. The Morgan fingerprint density at radius 3 is 2.86 bits per heavy atom. The maximum atomic E-state index is 8.46. The van der Waals surface area contributed by atoms with Gasteiger partial charge in [0, 0.05) is 18.1 Å². The van der Waals surface area contributed by atoms with E-state index in [1.807, 2.05) is 30.1 Å². The van der Waals surface area contributed by atoms with Crippen molar-refractivity contribution in [3.05, 3.63) is 22.7 Å². The van der Waals surface area contributed by atoms with Crippen LogP contribution in [0.1, 0.15) is 6.42 Å². The largest absolute Gasteiger partial charge is 0.397 e. The number of nitrogen functional groups attached to an aromatic ring is 1. The molecule has 74 valence electrons. The van der Waals surface area contributed by atoms with E-state index in [1.165, 1.54) is 0 Å². The molecule has 0 radical (unpaired) electrons. The van der Waals surface area contributed by atoms with Crippen LogP contribution in [0.5, 0.6) is 0 Å². The van der Waals surface area contributed by atoms with Crippen LogP contribution >= 0.6 is 15.9 Å². The van der Waals surface area contributed by atoms with Gasteiger partial charge in [0.05, 0.1) is 23.9 Å². The van der Waals surface area contributed by atoms with Gasteiger partial charge in [0.25, 0.3) is 0 Å². The van der Waals surface area contributed by atoms with Gasteiger partial charge >= 0.3 is 0 Å². The Hall–Kier alpha value is -1.21. The van der Waals surface area contributed by atoms with E-state index in [-0.39, 0.29) is 0 Å². The van der Waals surface area contributed by atoms with Gasteiger partial charge in [0.15, 0.2) is 0 Å². The van der Waals surface area contributed by atoms with Crippen LogP contribution in [0.2, 0.25) is 0 Å². The fourth-order valence-electron chi connectivity index (χ4n) is 1.21. The highest BCUT2D eigenvalue weighted by molar-refractivity contribution is 9.10. The highest BCUT2D eigenvalue weighted by atomic mass is 79.9. The van der Waals surface area contributed by atoms with Crippen molar-refractivity contribution in [2.24, 2.45) is 0 Å². The Morgan fingerprint density at radius 2 is 2.29 bits per heavy atom. The minimum absolute atomic E-state index is 0.506. The van der Waals surface area contributed by atoms with Gasteiger partial charge in [-0.3, -0.25) is 0 Å². The molecule has 0 saturated carbocycles. The van der Waals surface area contributed by atoms with Gasteiger partial charge in [0.1, 0.15) is 0 Å². The van der Waals surface area contributed by atoms with Gasteiger partial charge in [-0.05, 0) is 18.2 Å². The molecule has 2 N–H and O–H groups in total. The van der Waals surface area contributed by atoms with Crippen LogP contribution in [0.25, 0.3) is 0 Å². The lowest BCUT2D eigenvalue weighted by molar-refractivity contribution is 0.906. The van der Waals surface area contributed by atoms with E-state index in [9.17, 15) is 0 Å². The molecule has 0 heterocycles. The zero-order valence-corrected chi connectivity index (χ0v) is 9.58. The Labute approximate surface area is 92.3 Å². The monoisotopic (exact) mass is 253 g/mol. The fraction of sp³-hybridized carbons (Fsp3) is 0.300. The van der Waals surface area contributed by atoms with Crippen LogP contribution in [0.4, 0.5) is 11.4 Å². The van der Waals surface area contributed by atoms with E-state index < -0.39 is 0 Å². The maximum Gasteiger partial charge on any atom is 0.0640 e. The predicted octanol–water partition coefficient (Wildman–Crippen LogP) is 2.38. The number of halogens is 1. The molecule has 0 unspecified atom stereocenters. The molecule has 0 fully saturated rings. The second-order valence-electron chi connectivity index (χ2n) is 3.03. The topological polar surface area (TPSA) is 53.0 Å². The van der Waals surface area contributed by atoms with Crippen molar-refractivity contribution < 1.29 is 0 Å². The van der Waals surface area contributed by atoms with Gasteiger partial charge in [-0.25, -0.2) is 0 Å². The van der Waals surface area contributed by atoms with Crippen molar-refractivity contribution in [1.29, 1.82) is 5.26 Å². The number of anilines is 2. The first kappa shape index (κ1) is 10.9. The summed E-state index contributed by atoms with van der Waals surface area (Å²) in [5, 5.41) is 8.46. The summed E-state index contributed by atoms with van der Waals surface area (Å²) in [5.41, 5.74) is 7.52. The Morgan fingerprint density at radius 1 is 1.57 bits per heavy atom. The molecule has 0 spiro atoms. The third-order valence-electron chi connectivity index (χ3n) is 1.96. The highest BCUT2D eigenvalue weighted by Crippen LogP contribution is 2.25. The van der Waals surface area contributed by atoms with Gasteiger partial charge in [-0.1, -0.05) is 15.9 Å². The SMILES string of the molecule is CN(CCC#N)c1ccc(Br)cc1N. The molecule has 0 aliphatic rings. The molecule has 14 heavy (non-hydrogen) atoms. The van der Waals surface area contributed by atoms with Crippen LogP contribution in [0.3, 0.4) is 0 Å². The first-order valence-electron chi connectivity index (χ1n) is 4.28. The summed E-state index contributed by atoms with van der Waals surface area (Å²) >= 11 is 3.35. The van der Waals surface area contributed by atoms with E-state index in [0.717, 1.165) is 15.8 Å². The minimum atomic E-state index is 0.506. The van der Waals surface area contributed by atoms with Crippen molar-refractivity contribution in [1.82, 2.24) is 0 Å². The smallest absolute Gasteiger partial charge is 0.0640 e. The summed E-state index contributed by atoms with van der Waals surface area (Å²) in [4.78, 5) is 1.98. The van der Waals surface area contributed by atoms with E-state index in [4.69, 9.17) is 11.0 Å². The van der Waals surface area contributed by atoms with Crippen LogP contribution < -0.4 is 10.6 Å². The minimum Gasteiger partial charge on any atom is -0.397 e. The van der Waals surface area contributed by atoms with Crippen molar-refractivity contribution >= 4 is 27.3 Å². The second kappa shape index (κ2) is 4.87. The van der Waals surface area contributed by atoms with E-state index >= 15 is 0 Å². The molecule has 1 rings (SSSR count). The van der Waals surface area contributed by atoms with Gasteiger partial charge in [-0.2, -0.15) is 5.26 Å². The average Bonchev–Trinajstić information content (AvgIpc) is 2.14. The lowest BCUT2D eigenvalue weighted by atomic mass is 10.2. The number of nitrogens with two attached hydrogens (primary N) is 1. The number of rotatable bonds is 3. The molecule has 0 aromatic heterocycles. The molecule has 0 aliphatic heterocycles. The van der Waals surface area contributed by atoms with Gasteiger partial charge in [0.2, 0.25) is 0 Å². The summed E-state index contributed by atoms with van der Waals surface area (Å²) in [7, 11) is 1.93. The fourth-order valence-corrected chi connectivity index (χ4v) is 1.59. The average molecular weight is 254 g/mol. The Bertz CT molecular complexity index is 357. The van der Waals surface area contributed by atoms with E-state index in [1.54, 1.807) is 0 Å². The molecular weight excluding hydrogens is 242 g/mol. The van der Waals surface area contributed by atoms with Crippen LogP contribution in [-0.4, -0.2) is 13.6 Å². The van der Waals surface area contributed by atoms with Crippen LogP contribution in [-0.2, 0) is 0 Å². The summed E-state index contributed by atoms with van der Waals surface area (Å²) in [6.45, 7) is 0.697. The zero-order chi connectivity index (χ0) is 10.6. The Balaban J connectivity index is 2.80. The predicted molar refractivity (Wildman–Crippen MR) is 62.1 cm³/mol. The summed E-state index contributed by atoms with van der Waals surface area (Å²) in [6.07, 6.45) is 0.506. The van der Waals surface area contributed by atoms with Crippen molar-refractivity contribution in [3.63, 3.8) is 0 Å². The summed E-state index contributed by atoms with van der Waals surface area (Å²) in [5.74, 6) is 0. The molecule has 0 amide bonds. The maximum absolute atomic E-state index is 8.46. The number of hydrogen-bond donors (Lipinski definition) is 1. The number of nitrogens with zero attached hydrogens (tertiary/aromatic N) is 2. The lowest BCUT2D eigenvalue weighted by Gasteiger charge is -2.19. The first-order valence-corrected chi connectivity index (χ1v) is 5.07. The molecule has 0 saturated heterocycles. The molecule has 0 atom stereocenters. The standard InChI is InChI=1S/C10H12BrN3/c1-14(6-2-5-12)10-4-3-8(11)7-9(10)13/h3-4,7H,2,6,13H2,1H3. The zero-order valence-electron chi connectivity index (χ0n) is 8.00. The van der Waals surface area contributed by atoms with Crippen LogP contribution in [0.15, 0.2) is 22.7 Å². The molecule has 0 aliphatic carbocycles.